The lowest BCUT2D eigenvalue weighted by Gasteiger charge is -2.23. The van der Waals surface area contributed by atoms with Crippen LogP contribution in [0.15, 0.2) is 30.3 Å². The zero-order valence-corrected chi connectivity index (χ0v) is 10.1. The molecule has 0 unspecified atom stereocenters. The standard InChI is InChI=1S/C13H19NO3/c1-9(2)13(17)14-11(8-15)12(16)10-6-4-3-5-7-10/h3-7,9,11-12,15-16H,8H2,1-2H3,(H,14,17)/t11-,12+/m0/s1. The molecule has 1 aromatic carbocycles. The van der Waals surface area contributed by atoms with Gasteiger partial charge in [0.2, 0.25) is 5.91 Å². The Morgan fingerprint density at radius 2 is 1.88 bits per heavy atom. The van der Waals surface area contributed by atoms with Crippen molar-refractivity contribution in [1.82, 2.24) is 5.32 Å². The largest absolute Gasteiger partial charge is 0.394 e. The van der Waals surface area contributed by atoms with E-state index in [9.17, 15) is 15.0 Å². The van der Waals surface area contributed by atoms with Gasteiger partial charge in [-0.1, -0.05) is 44.2 Å². The van der Waals surface area contributed by atoms with Gasteiger partial charge in [-0.2, -0.15) is 0 Å². The molecule has 0 fully saturated rings. The SMILES string of the molecule is CC(C)C(=O)N[C@@H](CO)[C@H](O)c1ccccc1. The van der Waals surface area contributed by atoms with Gasteiger partial charge < -0.3 is 15.5 Å². The third-order valence-corrected chi connectivity index (χ3v) is 2.57. The number of hydrogen-bond acceptors (Lipinski definition) is 3. The highest BCUT2D eigenvalue weighted by molar-refractivity contribution is 5.78. The van der Waals surface area contributed by atoms with E-state index in [1.165, 1.54) is 0 Å². The van der Waals surface area contributed by atoms with Crippen molar-refractivity contribution in [1.29, 1.82) is 0 Å². The number of benzene rings is 1. The van der Waals surface area contributed by atoms with Crippen molar-refractivity contribution in [2.45, 2.75) is 26.0 Å². The molecule has 3 N–H and O–H groups in total. The van der Waals surface area contributed by atoms with Gasteiger partial charge in [0.05, 0.1) is 12.6 Å². The van der Waals surface area contributed by atoms with Crippen molar-refractivity contribution in [3.8, 4) is 0 Å². The van der Waals surface area contributed by atoms with Crippen LogP contribution in [0.3, 0.4) is 0 Å². The highest BCUT2D eigenvalue weighted by Crippen LogP contribution is 2.16. The second-order valence-electron chi connectivity index (χ2n) is 4.31. The van der Waals surface area contributed by atoms with Gasteiger partial charge in [0.1, 0.15) is 6.10 Å². The fourth-order valence-electron chi connectivity index (χ4n) is 1.46. The topological polar surface area (TPSA) is 69.6 Å². The van der Waals surface area contributed by atoms with Gasteiger partial charge in [-0.25, -0.2) is 0 Å². The minimum atomic E-state index is -0.899. The monoisotopic (exact) mass is 237 g/mol. The summed E-state index contributed by atoms with van der Waals surface area (Å²) in [5.41, 5.74) is 0.676. The molecule has 4 nitrogen and oxygen atoms in total. The summed E-state index contributed by atoms with van der Waals surface area (Å²) in [4.78, 5) is 11.5. The van der Waals surface area contributed by atoms with Gasteiger partial charge in [-0.05, 0) is 5.56 Å². The van der Waals surface area contributed by atoms with Gasteiger partial charge in [0.25, 0.3) is 0 Å². The third kappa shape index (κ3) is 3.84. The number of aliphatic hydroxyl groups excluding tert-OH is 2. The second-order valence-corrected chi connectivity index (χ2v) is 4.31. The predicted molar refractivity (Wildman–Crippen MR) is 65.3 cm³/mol. The summed E-state index contributed by atoms with van der Waals surface area (Å²) >= 11 is 0. The zero-order valence-electron chi connectivity index (χ0n) is 10.1. The zero-order chi connectivity index (χ0) is 12.8. The fraction of sp³-hybridized carbons (Fsp3) is 0.462. The van der Waals surface area contributed by atoms with Crippen LogP contribution >= 0.6 is 0 Å². The first-order valence-corrected chi connectivity index (χ1v) is 5.70. The average Bonchev–Trinajstić information content (AvgIpc) is 2.35. The van der Waals surface area contributed by atoms with E-state index < -0.39 is 12.1 Å². The summed E-state index contributed by atoms with van der Waals surface area (Å²) < 4.78 is 0. The van der Waals surface area contributed by atoms with Crippen LogP contribution in [0.2, 0.25) is 0 Å². The summed E-state index contributed by atoms with van der Waals surface area (Å²) in [6, 6.07) is 8.29. The van der Waals surface area contributed by atoms with Crippen LogP contribution in [0, 0.1) is 5.92 Å². The minimum Gasteiger partial charge on any atom is -0.394 e. The molecule has 0 spiro atoms. The van der Waals surface area contributed by atoms with E-state index in [0.717, 1.165) is 0 Å². The fourth-order valence-corrected chi connectivity index (χ4v) is 1.46. The summed E-state index contributed by atoms with van der Waals surface area (Å²) in [7, 11) is 0. The Labute approximate surface area is 101 Å². The molecule has 0 saturated carbocycles. The number of nitrogens with one attached hydrogen (secondary N) is 1. The van der Waals surface area contributed by atoms with Crippen LogP contribution in [0.1, 0.15) is 25.5 Å². The van der Waals surface area contributed by atoms with Crippen LogP contribution in [-0.4, -0.2) is 28.8 Å². The van der Waals surface area contributed by atoms with E-state index >= 15 is 0 Å². The first-order chi connectivity index (χ1) is 8.06. The number of carbonyl (C=O) groups is 1. The van der Waals surface area contributed by atoms with E-state index in [0.29, 0.717) is 5.56 Å². The second kappa shape index (κ2) is 6.37. The van der Waals surface area contributed by atoms with Gasteiger partial charge in [-0.15, -0.1) is 0 Å². The predicted octanol–water partition coefficient (Wildman–Crippen LogP) is 0.853. The van der Waals surface area contributed by atoms with E-state index in [1.54, 1.807) is 38.1 Å². The molecule has 0 aliphatic heterocycles. The Balaban J connectivity index is 2.71. The maximum Gasteiger partial charge on any atom is 0.222 e. The van der Waals surface area contributed by atoms with Gasteiger partial charge in [-0.3, -0.25) is 4.79 Å². The molecule has 0 aromatic heterocycles. The molecule has 0 aliphatic carbocycles. The molecule has 17 heavy (non-hydrogen) atoms. The maximum absolute atomic E-state index is 11.5. The van der Waals surface area contributed by atoms with Crippen molar-refractivity contribution >= 4 is 5.91 Å². The van der Waals surface area contributed by atoms with Crippen LogP contribution < -0.4 is 5.32 Å². The number of hydrogen-bond donors (Lipinski definition) is 3. The van der Waals surface area contributed by atoms with Crippen LogP contribution in [0.5, 0.6) is 0 Å². The van der Waals surface area contributed by atoms with Gasteiger partial charge in [0, 0.05) is 5.92 Å². The lowest BCUT2D eigenvalue weighted by molar-refractivity contribution is -0.126. The highest BCUT2D eigenvalue weighted by Gasteiger charge is 2.22. The Morgan fingerprint density at radius 3 is 2.35 bits per heavy atom. The Hall–Kier alpha value is -1.39. The van der Waals surface area contributed by atoms with Crippen molar-refractivity contribution in [2.24, 2.45) is 5.92 Å². The summed E-state index contributed by atoms with van der Waals surface area (Å²) in [6.07, 6.45) is -0.899. The molecule has 0 saturated heterocycles. The summed E-state index contributed by atoms with van der Waals surface area (Å²) in [5, 5.41) is 21.9. The van der Waals surface area contributed by atoms with Crippen molar-refractivity contribution in [2.75, 3.05) is 6.61 Å². The molecule has 1 aromatic rings. The minimum absolute atomic E-state index is 0.174. The van der Waals surface area contributed by atoms with Crippen LogP contribution in [0.4, 0.5) is 0 Å². The maximum atomic E-state index is 11.5. The van der Waals surface area contributed by atoms with E-state index in [2.05, 4.69) is 5.32 Å². The number of aliphatic hydroxyl groups is 2. The number of amides is 1. The summed E-state index contributed by atoms with van der Waals surface area (Å²) in [5.74, 6) is -0.356. The number of rotatable bonds is 5. The first kappa shape index (κ1) is 13.7. The average molecular weight is 237 g/mol. The molecule has 94 valence electrons. The van der Waals surface area contributed by atoms with Crippen molar-refractivity contribution in [3.63, 3.8) is 0 Å². The molecule has 0 radical (unpaired) electrons. The molecular weight excluding hydrogens is 218 g/mol. The quantitative estimate of drug-likeness (QED) is 0.711. The molecule has 0 aliphatic rings. The first-order valence-electron chi connectivity index (χ1n) is 5.70. The van der Waals surface area contributed by atoms with E-state index in [4.69, 9.17) is 0 Å². The van der Waals surface area contributed by atoms with Gasteiger partial charge in [0.15, 0.2) is 0 Å². The van der Waals surface area contributed by atoms with E-state index in [-0.39, 0.29) is 18.4 Å². The van der Waals surface area contributed by atoms with Gasteiger partial charge >= 0.3 is 0 Å². The lowest BCUT2D eigenvalue weighted by atomic mass is 10.0. The molecule has 2 atom stereocenters. The molecule has 0 heterocycles. The Bertz CT molecular complexity index is 351. The Morgan fingerprint density at radius 1 is 1.29 bits per heavy atom. The Kier molecular flexibility index (Phi) is 5.12. The smallest absolute Gasteiger partial charge is 0.222 e. The molecule has 1 rings (SSSR count). The van der Waals surface area contributed by atoms with Crippen LogP contribution in [0.25, 0.3) is 0 Å². The number of carbonyl (C=O) groups excluding carboxylic acids is 1. The van der Waals surface area contributed by atoms with Crippen molar-refractivity contribution in [3.05, 3.63) is 35.9 Å². The molecular formula is C13H19NO3. The molecule has 1 amide bonds. The van der Waals surface area contributed by atoms with E-state index in [1.807, 2.05) is 6.07 Å². The molecule has 0 bridgehead atoms. The van der Waals surface area contributed by atoms with Crippen molar-refractivity contribution < 1.29 is 15.0 Å². The molecule has 4 heteroatoms. The lowest BCUT2D eigenvalue weighted by Crippen LogP contribution is -2.43. The normalized spacial score (nSPS) is 14.4. The third-order valence-electron chi connectivity index (χ3n) is 2.57. The highest BCUT2D eigenvalue weighted by atomic mass is 16.3. The van der Waals surface area contributed by atoms with Crippen LogP contribution in [-0.2, 0) is 4.79 Å². The summed E-state index contributed by atoms with van der Waals surface area (Å²) in [6.45, 7) is 3.23.